The highest BCUT2D eigenvalue weighted by Gasteiger charge is 2.48. The normalized spacial score (nSPS) is 14.8. The van der Waals surface area contributed by atoms with E-state index in [0.717, 1.165) is 16.9 Å². The molecule has 0 radical (unpaired) electrons. The number of rotatable bonds is 9. The minimum absolute atomic E-state index is 0.0335. The van der Waals surface area contributed by atoms with Crippen LogP contribution in [0.3, 0.4) is 0 Å². The molecule has 1 aliphatic carbocycles. The number of benzene rings is 1. The molecule has 1 aromatic carbocycles. The molecule has 1 aliphatic rings. The molecule has 202 valence electrons. The van der Waals surface area contributed by atoms with E-state index in [2.05, 4.69) is 15.6 Å². The van der Waals surface area contributed by atoms with E-state index >= 15 is 0 Å². The summed E-state index contributed by atoms with van der Waals surface area (Å²) in [7, 11) is 4.68. The third-order valence-corrected chi connectivity index (χ3v) is 7.43. The van der Waals surface area contributed by atoms with Crippen molar-refractivity contribution in [1.29, 1.82) is 0 Å². The number of nitrogens with zero attached hydrogens (tertiary/aromatic N) is 2. The summed E-state index contributed by atoms with van der Waals surface area (Å²) in [5.74, 6) is 0.294. The van der Waals surface area contributed by atoms with Crippen LogP contribution in [-0.2, 0) is 16.1 Å². The van der Waals surface area contributed by atoms with Crippen LogP contribution in [0, 0.1) is 0 Å². The maximum absolute atomic E-state index is 13.2. The van der Waals surface area contributed by atoms with Gasteiger partial charge >= 0.3 is 6.09 Å². The molecule has 1 heterocycles. The van der Waals surface area contributed by atoms with Crippen LogP contribution in [0.15, 0.2) is 18.2 Å². The Kier molecular flexibility index (Phi) is 8.59. The Morgan fingerprint density at radius 2 is 1.89 bits per heavy atom. The van der Waals surface area contributed by atoms with Gasteiger partial charge < -0.3 is 29.7 Å². The van der Waals surface area contributed by atoms with E-state index in [-0.39, 0.29) is 23.1 Å². The maximum Gasteiger partial charge on any atom is 0.410 e. The van der Waals surface area contributed by atoms with Crippen molar-refractivity contribution in [1.82, 2.24) is 15.2 Å². The zero-order chi connectivity index (χ0) is 27.5. The van der Waals surface area contributed by atoms with E-state index in [9.17, 15) is 14.4 Å². The van der Waals surface area contributed by atoms with Gasteiger partial charge in [0, 0.05) is 25.2 Å². The van der Waals surface area contributed by atoms with E-state index < -0.39 is 28.5 Å². The highest BCUT2D eigenvalue weighted by Crippen LogP contribution is 2.44. The Labute approximate surface area is 225 Å². The number of hydrogen-bond donors (Lipinski definition) is 2. The molecule has 10 nitrogen and oxygen atoms in total. The summed E-state index contributed by atoms with van der Waals surface area (Å²) in [6.07, 6.45) is 0.585. The molecule has 3 amide bonds. The summed E-state index contributed by atoms with van der Waals surface area (Å²) >= 11 is 7.39. The predicted molar refractivity (Wildman–Crippen MR) is 142 cm³/mol. The Bertz CT molecular complexity index is 1170. The molecule has 0 aliphatic heterocycles. The topological polar surface area (TPSA) is 119 Å². The Balaban J connectivity index is 1.84. The lowest BCUT2D eigenvalue weighted by Gasteiger charge is -2.27. The van der Waals surface area contributed by atoms with Crippen molar-refractivity contribution in [3.05, 3.63) is 34.5 Å². The number of thiazole rings is 1. The third-order valence-electron chi connectivity index (χ3n) is 5.74. The molecule has 0 spiro atoms. The first-order valence-corrected chi connectivity index (χ1v) is 12.9. The van der Waals surface area contributed by atoms with E-state index in [1.807, 2.05) is 0 Å². The molecule has 12 heteroatoms. The third kappa shape index (κ3) is 7.04. The molecule has 1 atom stereocenters. The number of carbonyl (C=O) groups excluding carboxylic acids is 3. The molecule has 3 rings (SSSR count). The van der Waals surface area contributed by atoms with Gasteiger partial charge in [0.15, 0.2) is 5.69 Å². The summed E-state index contributed by atoms with van der Waals surface area (Å²) in [5, 5.41) is 6.30. The number of carbonyl (C=O) groups is 3. The summed E-state index contributed by atoms with van der Waals surface area (Å²) in [6.45, 7) is 7.25. The van der Waals surface area contributed by atoms with Gasteiger partial charge in [0.25, 0.3) is 5.91 Å². The lowest BCUT2D eigenvalue weighted by molar-refractivity contribution is -0.116. The molecule has 1 fully saturated rings. The maximum atomic E-state index is 13.2. The van der Waals surface area contributed by atoms with Gasteiger partial charge in [-0.05, 0) is 52.7 Å². The van der Waals surface area contributed by atoms with Crippen molar-refractivity contribution >= 4 is 45.8 Å². The zero-order valence-electron chi connectivity index (χ0n) is 22.1. The van der Waals surface area contributed by atoms with Crippen molar-refractivity contribution < 1.29 is 28.6 Å². The SMILES string of the molecule is COc1ccc(CNC(=O)c2nc([C@@H](C)N(C)C(=O)OC(C)(C)C)sc2NC(=O)C2(Cl)CC2)c(OC)c1. The molecule has 37 heavy (non-hydrogen) atoms. The molecule has 0 unspecified atom stereocenters. The van der Waals surface area contributed by atoms with Crippen LogP contribution in [-0.4, -0.2) is 59.5 Å². The molecular formula is C25H33ClN4O6S. The molecular weight excluding hydrogens is 520 g/mol. The molecule has 1 saturated carbocycles. The van der Waals surface area contributed by atoms with Gasteiger partial charge in [0.1, 0.15) is 32.0 Å². The minimum Gasteiger partial charge on any atom is -0.497 e. The van der Waals surface area contributed by atoms with E-state index in [1.165, 1.54) is 12.0 Å². The average molecular weight is 553 g/mol. The molecule has 2 aromatic rings. The molecule has 0 bridgehead atoms. The monoisotopic (exact) mass is 552 g/mol. The van der Waals surface area contributed by atoms with Gasteiger partial charge in [-0.15, -0.1) is 11.6 Å². The number of ether oxygens (including phenoxy) is 3. The van der Waals surface area contributed by atoms with Crippen molar-refractivity contribution in [2.24, 2.45) is 0 Å². The molecule has 1 aromatic heterocycles. The Morgan fingerprint density at radius 3 is 2.46 bits per heavy atom. The fraction of sp³-hybridized carbons (Fsp3) is 0.520. The van der Waals surface area contributed by atoms with E-state index in [1.54, 1.807) is 60.1 Å². The Hall–Kier alpha value is -3.05. The number of alkyl halides is 1. The fourth-order valence-electron chi connectivity index (χ4n) is 3.22. The summed E-state index contributed by atoms with van der Waals surface area (Å²) < 4.78 is 16.1. The minimum atomic E-state index is -0.965. The van der Waals surface area contributed by atoms with E-state index in [0.29, 0.717) is 29.3 Å². The van der Waals surface area contributed by atoms with Crippen molar-refractivity contribution in [2.45, 2.75) is 63.6 Å². The number of halogens is 1. The molecule has 0 saturated heterocycles. The quantitative estimate of drug-likeness (QED) is 0.432. The van der Waals surface area contributed by atoms with Gasteiger partial charge in [-0.3, -0.25) is 9.59 Å². The van der Waals surface area contributed by atoms with Crippen LogP contribution in [0.2, 0.25) is 0 Å². The second kappa shape index (κ2) is 11.1. The second-order valence-electron chi connectivity index (χ2n) is 9.78. The largest absolute Gasteiger partial charge is 0.497 e. The smallest absolute Gasteiger partial charge is 0.410 e. The lowest BCUT2D eigenvalue weighted by atomic mass is 10.2. The number of methoxy groups -OCH3 is 2. The predicted octanol–water partition coefficient (Wildman–Crippen LogP) is 4.73. The standard InChI is InChI=1S/C25H33ClN4O6S/c1-14(30(5)23(33)36-24(2,3)4)20-28-18(21(37-20)29-22(32)25(26)10-11-25)19(31)27-13-15-8-9-16(34-6)12-17(15)35-7/h8-9,12,14H,10-11,13H2,1-7H3,(H,27,31)(H,29,32)/t14-/m1/s1. The van der Waals surface area contributed by atoms with Gasteiger partial charge in [-0.25, -0.2) is 9.78 Å². The van der Waals surface area contributed by atoms with Gasteiger partial charge in [0.05, 0.1) is 20.3 Å². The summed E-state index contributed by atoms with van der Waals surface area (Å²) in [6, 6.07) is 4.75. The van der Waals surface area contributed by atoms with Crippen LogP contribution in [0.25, 0.3) is 0 Å². The number of nitrogens with one attached hydrogen (secondary N) is 2. The first kappa shape index (κ1) is 28.5. The summed E-state index contributed by atoms with van der Waals surface area (Å²) in [5.41, 5.74) is 0.0964. The Morgan fingerprint density at radius 1 is 1.22 bits per heavy atom. The van der Waals surface area contributed by atoms with Gasteiger partial charge in [0.2, 0.25) is 5.91 Å². The molecule has 2 N–H and O–H groups in total. The van der Waals surface area contributed by atoms with Crippen molar-refractivity contribution in [2.75, 3.05) is 26.6 Å². The fourth-order valence-corrected chi connectivity index (χ4v) is 4.42. The lowest BCUT2D eigenvalue weighted by Crippen LogP contribution is -2.35. The first-order chi connectivity index (χ1) is 17.3. The summed E-state index contributed by atoms with van der Waals surface area (Å²) in [4.78, 5) is 43.4. The van der Waals surface area contributed by atoms with Crippen LogP contribution < -0.4 is 20.1 Å². The highest BCUT2D eigenvalue weighted by molar-refractivity contribution is 7.16. The van der Waals surface area contributed by atoms with Crippen LogP contribution >= 0.6 is 22.9 Å². The van der Waals surface area contributed by atoms with Gasteiger partial charge in [-0.1, -0.05) is 11.3 Å². The number of hydrogen-bond acceptors (Lipinski definition) is 8. The second-order valence-corrected chi connectivity index (χ2v) is 11.5. The van der Waals surface area contributed by atoms with Crippen molar-refractivity contribution in [3.8, 4) is 11.5 Å². The highest BCUT2D eigenvalue weighted by atomic mass is 35.5. The van der Waals surface area contributed by atoms with E-state index in [4.69, 9.17) is 25.8 Å². The first-order valence-electron chi connectivity index (χ1n) is 11.7. The number of amides is 3. The van der Waals surface area contributed by atoms with Gasteiger partial charge in [-0.2, -0.15) is 0 Å². The van der Waals surface area contributed by atoms with Crippen LogP contribution in [0.4, 0.5) is 9.80 Å². The number of anilines is 1. The number of aromatic nitrogens is 1. The van der Waals surface area contributed by atoms with Crippen LogP contribution in [0.5, 0.6) is 11.5 Å². The van der Waals surface area contributed by atoms with Crippen LogP contribution in [0.1, 0.15) is 67.6 Å². The average Bonchev–Trinajstić information content (AvgIpc) is 3.47. The zero-order valence-corrected chi connectivity index (χ0v) is 23.6. The van der Waals surface area contributed by atoms with Crippen molar-refractivity contribution in [3.63, 3.8) is 0 Å².